The maximum absolute atomic E-state index is 12.0. The van der Waals surface area contributed by atoms with Gasteiger partial charge in [-0.1, -0.05) is 0 Å². The Labute approximate surface area is 100 Å². The zero-order valence-corrected chi connectivity index (χ0v) is 10.3. The SMILES string of the molecule is O=S(=O)(NC1CCN(C2CC2)C1)c1cn[nH]c1. The van der Waals surface area contributed by atoms with E-state index in [1.165, 1.54) is 25.2 Å². The molecule has 94 valence electrons. The number of sulfonamides is 1. The lowest BCUT2D eigenvalue weighted by Crippen LogP contribution is -2.37. The molecule has 1 aromatic rings. The second-order valence-corrected chi connectivity index (χ2v) is 6.48. The molecule has 0 aromatic carbocycles. The van der Waals surface area contributed by atoms with E-state index in [1.807, 2.05) is 0 Å². The molecular weight excluding hydrogens is 240 g/mol. The van der Waals surface area contributed by atoms with E-state index in [4.69, 9.17) is 0 Å². The number of hydrogen-bond acceptors (Lipinski definition) is 4. The molecule has 17 heavy (non-hydrogen) atoms. The molecule has 1 aliphatic carbocycles. The lowest BCUT2D eigenvalue weighted by atomic mass is 10.3. The van der Waals surface area contributed by atoms with E-state index < -0.39 is 10.0 Å². The number of nitrogens with zero attached hydrogens (tertiary/aromatic N) is 2. The number of aromatic nitrogens is 2. The van der Waals surface area contributed by atoms with Crippen LogP contribution in [0.25, 0.3) is 0 Å². The third-order valence-electron chi connectivity index (χ3n) is 3.39. The number of likely N-dealkylation sites (tertiary alicyclic amines) is 1. The maximum Gasteiger partial charge on any atom is 0.243 e. The predicted octanol–water partition coefficient (Wildman–Crippen LogP) is -0.0753. The van der Waals surface area contributed by atoms with Crippen molar-refractivity contribution in [1.82, 2.24) is 19.8 Å². The van der Waals surface area contributed by atoms with Crippen LogP contribution in [0.2, 0.25) is 0 Å². The van der Waals surface area contributed by atoms with Crippen LogP contribution in [0.15, 0.2) is 17.3 Å². The van der Waals surface area contributed by atoms with Gasteiger partial charge in [-0.15, -0.1) is 0 Å². The molecule has 0 radical (unpaired) electrons. The molecular formula is C10H16N4O2S. The second kappa shape index (κ2) is 4.08. The molecule has 1 aromatic heterocycles. The zero-order valence-electron chi connectivity index (χ0n) is 9.46. The Balaban J connectivity index is 1.64. The van der Waals surface area contributed by atoms with Gasteiger partial charge in [-0.25, -0.2) is 13.1 Å². The first-order valence-corrected chi connectivity index (χ1v) is 7.38. The minimum atomic E-state index is -3.40. The quantitative estimate of drug-likeness (QED) is 0.790. The topological polar surface area (TPSA) is 78.1 Å². The van der Waals surface area contributed by atoms with E-state index in [-0.39, 0.29) is 10.9 Å². The second-order valence-electron chi connectivity index (χ2n) is 4.77. The van der Waals surface area contributed by atoms with E-state index in [1.54, 1.807) is 0 Å². The molecule has 3 rings (SSSR count). The Kier molecular flexibility index (Phi) is 2.68. The maximum atomic E-state index is 12.0. The van der Waals surface area contributed by atoms with Crippen molar-refractivity contribution in [3.63, 3.8) is 0 Å². The molecule has 1 atom stereocenters. The summed E-state index contributed by atoms with van der Waals surface area (Å²) < 4.78 is 26.6. The highest BCUT2D eigenvalue weighted by Crippen LogP contribution is 2.30. The van der Waals surface area contributed by atoms with Crippen LogP contribution >= 0.6 is 0 Å². The summed E-state index contributed by atoms with van der Waals surface area (Å²) in [7, 11) is -3.40. The van der Waals surface area contributed by atoms with E-state index in [9.17, 15) is 8.42 Å². The molecule has 0 amide bonds. The van der Waals surface area contributed by atoms with Gasteiger partial charge < -0.3 is 0 Å². The Morgan fingerprint density at radius 2 is 2.24 bits per heavy atom. The average molecular weight is 256 g/mol. The fourth-order valence-corrected chi connectivity index (χ4v) is 3.49. The van der Waals surface area contributed by atoms with E-state index in [2.05, 4.69) is 19.8 Å². The number of aromatic amines is 1. The third-order valence-corrected chi connectivity index (χ3v) is 4.88. The van der Waals surface area contributed by atoms with E-state index in [0.717, 1.165) is 19.5 Å². The van der Waals surface area contributed by atoms with Crippen LogP contribution < -0.4 is 4.72 Å². The minimum absolute atomic E-state index is 0.0375. The van der Waals surface area contributed by atoms with Crippen molar-refractivity contribution in [3.05, 3.63) is 12.4 Å². The molecule has 1 aliphatic heterocycles. The van der Waals surface area contributed by atoms with Gasteiger partial charge in [0.25, 0.3) is 0 Å². The summed E-state index contributed by atoms with van der Waals surface area (Å²) in [5.41, 5.74) is 0. The first-order chi connectivity index (χ1) is 8.15. The fourth-order valence-electron chi connectivity index (χ4n) is 2.33. The van der Waals surface area contributed by atoms with Crippen LogP contribution in [0.1, 0.15) is 19.3 Å². The first-order valence-electron chi connectivity index (χ1n) is 5.90. The molecule has 1 saturated carbocycles. The zero-order chi connectivity index (χ0) is 11.9. The summed E-state index contributed by atoms with van der Waals surface area (Å²) >= 11 is 0. The normalized spacial score (nSPS) is 26.5. The van der Waals surface area contributed by atoms with Gasteiger partial charge in [0.1, 0.15) is 4.90 Å². The van der Waals surface area contributed by atoms with Crippen LogP contribution in [-0.2, 0) is 10.0 Å². The van der Waals surface area contributed by atoms with Gasteiger partial charge in [0.05, 0.1) is 6.20 Å². The third kappa shape index (κ3) is 2.36. The van der Waals surface area contributed by atoms with E-state index in [0.29, 0.717) is 6.04 Å². The molecule has 0 bridgehead atoms. The monoisotopic (exact) mass is 256 g/mol. The van der Waals surface area contributed by atoms with Crippen molar-refractivity contribution < 1.29 is 8.42 Å². The Morgan fingerprint density at radius 3 is 2.88 bits per heavy atom. The Hall–Kier alpha value is -0.920. The summed E-state index contributed by atoms with van der Waals surface area (Å²) in [4.78, 5) is 2.59. The van der Waals surface area contributed by atoms with Gasteiger partial charge >= 0.3 is 0 Å². The van der Waals surface area contributed by atoms with Crippen LogP contribution in [0.5, 0.6) is 0 Å². The van der Waals surface area contributed by atoms with Gasteiger partial charge in [-0.3, -0.25) is 10.00 Å². The minimum Gasteiger partial charge on any atom is -0.299 e. The van der Waals surface area contributed by atoms with Crippen molar-refractivity contribution >= 4 is 10.0 Å². The number of H-pyrrole nitrogens is 1. The first kappa shape index (κ1) is 11.2. The largest absolute Gasteiger partial charge is 0.299 e. The summed E-state index contributed by atoms with van der Waals surface area (Å²) in [6.07, 6.45) is 6.15. The highest BCUT2D eigenvalue weighted by atomic mass is 32.2. The lowest BCUT2D eigenvalue weighted by Gasteiger charge is -2.15. The molecule has 1 saturated heterocycles. The molecule has 2 aliphatic rings. The summed E-state index contributed by atoms with van der Waals surface area (Å²) in [5.74, 6) is 0. The number of rotatable bonds is 4. The van der Waals surface area contributed by atoms with Crippen LogP contribution in [-0.4, -0.2) is 48.7 Å². The number of hydrogen-bond donors (Lipinski definition) is 2. The molecule has 7 heteroatoms. The van der Waals surface area contributed by atoms with Crippen molar-refractivity contribution in [2.24, 2.45) is 0 Å². The molecule has 2 N–H and O–H groups in total. The summed E-state index contributed by atoms with van der Waals surface area (Å²) in [5, 5.41) is 6.18. The van der Waals surface area contributed by atoms with Gasteiger partial charge in [-0.2, -0.15) is 5.10 Å². The predicted molar refractivity (Wildman–Crippen MR) is 61.9 cm³/mol. The average Bonchev–Trinajstić information content (AvgIpc) is 2.81. The Bertz CT molecular complexity index is 480. The van der Waals surface area contributed by atoms with Gasteiger partial charge in [0.2, 0.25) is 10.0 Å². The van der Waals surface area contributed by atoms with E-state index >= 15 is 0 Å². The number of nitrogens with one attached hydrogen (secondary N) is 2. The van der Waals surface area contributed by atoms with Crippen molar-refractivity contribution in [2.45, 2.75) is 36.2 Å². The molecule has 6 nitrogen and oxygen atoms in total. The summed E-state index contributed by atoms with van der Waals surface area (Å²) in [6, 6.07) is 0.744. The van der Waals surface area contributed by atoms with Gasteiger partial charge in [0.15, 0.2) is 0 Å². The highest BCUT2D eigenvalue weighted by Gasteiger charge is 2.35. The van der Waals surface area contributed by atoms with Crippen LogP contribution in [0, 0.1) is 0 Å². The molecule has 2 heterocycles. The van der Waals surface area contributed by atoms with Crippen molar-refractivity contribution in [1.29, 1.82) is 0 Å². The van der Waals surface area contributed by atoms with Crippen molar-refractivity contribution in [3.8, 4) is 0 Å². The van der Waals surface area contributed by atoms with Crippen molar-refractivity contribution in [2.75, 3.05) is 13.1 Å². The summed E-state index contributed by atoms with van der Waals surface area (Å²) in [6.45, 7) is 1.84. The van der Waals surface area contributed by atoms with Crippen LogP contribution in [0.3, 0.4) is 0 Å². The van der Waals surface area contributed by atoms with Gasteiger partial charge in [-0.05, 0) is 19.3 Å². The molecule has 1 unspecified atom stereocenters. The smallest absolute Gasteiger partial charge is 0.243 e. The fraction of sp³-hybridized carbons (Fsp3) is 0.700. The highest BCUT2D eigenvalue weighted by molar-refractivity contribution is 7.89. The van der Waals surface area contributed by atoms with Crippen LogP contribution in [0.4, 0.5) is 0 Å². The standard InChI is InChI=1S/C10H16N4O2S/c15-17(16,10-5-11-12-6-10)13-8-3-4-14(7-8)9-1-2-9/h5-6,8-9,13H,1-4,7H2,(H,11,12). The molecule has 2 fully saturated rings. The Morgan fingerprint density at radius 1 is 1.41 bits per heavy atom. The lowest BCUT2D eigenvalue weighted by molar-refractivity contribution is 0.322. The van der Waals surface area contributed by atoms with Gasteiger partial charge in [0, 0.05) is 31.4 Å². The molecule has 0 spiro atoms.